The number of rotatable bonds is 4. The average molecular weight is 296 g/mol. The number of benzene rings is 1. The zero-order valence-electron chi connectivity index (χ0n) is 11.8. The standard InChI is InChI=1S/C16H16N4O2/c21-15-14(13(10-18-15)11-5-2-1-3-6-11)16(22)20-19-9-12-7-4-8-17-12/h1-9,13-14,17H,10H2,(H,18,21)(H,20,22)/b19-9-/t13-,14+/m1/s1. The molecule has 1 fully saturated rings. The molecule has 2 heterocycles. The van der Waals surface area contributed by atoms with Crippen LogP contribution in [-0.2, 0) is 9.59 Å². The molecule has 6 heteroatoms. The molecule has 0 spiro atoms. The molecule has 0 radical (unpaired) electrons. The van der Waals surface area contributed by atoms with E-state index >= 15 is 0 Å². The van der Waals surface area contributed by atoms with Crippen LogP contribution in [0, 0.1) is 5.92 Å². The van der Waals surface area contributed by atoms with E-state index in [0.717, 1.165) is 11.3 Å². The molecule has 6 nitrogen and oxygen atoms in total. The lowest BCUT2D eigenvalue weighted by Crippen LogP contribution is -2.34. The van der Waals surface area contributed by atoms with Crippen LogP contribution >= 0.6 is 0 Å². The van der Waals surface area contributed by atoms with E-state index in [1.165, 1.54) is 6.21 Å². The molecular formula is C16H16N4O2. The van der Waals surface area contributed by atoms with E-state index in [1.54, 1.807) is 6.20 Å². The summed E-state index contributed by atoms with van der Waals surface area (Å²) in [7, 11) is 0. The van der Waals surface area contributed by atoms with Gasteiger partial charge in [0.15, 0.2) is 0 Å². The van der Waals surface area contributed by atoms with Crippen LogP contribution in [0.1, 0.15) is 17.2 Å². The Labute approximate surface area is 127 Å². The summed E-state index contributed by atoms with van der Waals surface area (Å²) < 4.78 is 0. The zero-order chi connectivity index (χ0) is 15.4. The van der Waals surface area contributed by atoms with Gasteiger partial charge >= 0.3 is 0 Å². The van der Waals surface area contributed by atoms with Crippen LogP contribution in [0.4, 0.5) is 0 Å². The quantitative estimate of drug-likeness (QED) is 0.446. The normalized spacial score (nSPS) is 21.0. The Bertz CT molecular complexity index is 679. The second-order valence-corrected chi connectivity index (χ2v) is 5.10. The molecule has 1 aliphatic heterocycles. The van der Waals surface area contributed by atoms with Crippen molar-refractivity contribution in [3.05, 3.63) is 59.9 Å². The Hall–Kier alpha value is -2.89. The minimum atomic E-state index is -0.761. The topological polar surface area (TPSA) is 86.3 Å². The molecule has 0 unspecified atom stereocenters. The Morgan fingerprint density at radius 1 is 1.23 bits per heavy atom. The number of H-pyrrole nitrogens is 1. The molecule has 1 aromatic heterocycles. The van der Waals surface area contributed by atoms with Crippen molar-refractivity contribution in [2.24, 2.45) is 11.0 Å². The predicted octanol–water partition coefficient (Wildman–Crippen LogP) is 0.995. The van der Waals surface area contributed by atoms with Crippen LogP contribution in [0.5, 0.6) is 0 Å². The highest BCUT2D eigenvalue weighted by atomic mass is 16.2. The SMILES string of the molecule is O=C1NC[C@H](c2ccccc2)[C@@H]1C(=O)N/N=C\c1ccc[nH]1. The van der Waals surface area contributed by atoms with Crippen molar-refractivity contribution in [3.8, 4) is 0 Å². The third kappa shape index (κ3) is 2.90. The maximum absolute atomic E-state index is 12.3. The van der Waals surface area contributed by atoms with Gasteiger partial charge in [-0.2, -0.15) is 5.10 Å². The van der Waals surface area contributed by atoms with Gasteiger partial charge in [0.2, 0.25) is 5.91 Å². The summed E-state index contributed by atoms with van der Waals surface area (Å²) in [4.78, 5) is 27.2. The first-order chi connectivity index (χ1) is 10.8. The third-order valence-electron chi connectivity index (χ3n) is 3.69. The molecule has 3 N–H and O–H groups in total. The maximum atomic E-state index is 12.3. The van der Waals surface area contributed by atoms with Gasteiger partial charge in [0.05, 0.1) is 11.9 Å². The highest BCUT2D eigenvalue weighted by Gasteiger charge is 2.40. The molecule has 1 aromatic carbocycles. The monoisotopic (exact) mass is 296 g/mol. The second-order valence-electron chi connectivity index (χ2n) is 5.10. The Morgan fingerprint density at radius 2 is 2.05 bits per heavy atom. The lowest BCUT2D eigenvalue weighted by molar-refractivity contribution is -0.133. The Kier molecular flexibility index (Phi) is 4.00. The van der Waals surface area contributed by atoms with Gasteiger partial charge in [-0.05, 0) is 17.7 Å². The van der Waals surface area contributed by atoms with E-state index in [-0.39, 0.29) is 11.8 Å². The molecule has 112 valence electrons. The van der Waals surface area contributed by atoms with E-state index < -0.39 is 11.8 Å². The summed E-state index contributed by atoms with van der Waals surface area (Å²) >= 11 is 0. The molecular weight excluding hydrogens is 280 g/mol. The first kappa shape index (κ1) is 14.1. The van der Waals surface area contributed by atoms with Crippen molar-refractivity contribution in [2.45, 2.75) is 5.92 Å². The van der Waals surface area contributed by atoms with Gasteiger partial charge in [0, 0.05) is 18.7 Å². The highest BCUT2D eigenvalue weighted by Crippen LogP contribution is 2.28. The van der Waals surface area contributed by atoms with Gasteiger partial charge < -0.3 is 10.3 Å². The largest absolute Gasteiger partial charge is 0.360 e. The third-order valence-corrected chi connectivity index (χ3v) is 3.69. The van der Waals surface area contributed by atoms with Crippen molar-refractivity contribution in [2.75, 3.05) is 6.54 Å². The predicted molar refractivity (Wildman–Crippen MR) is 82.2 cm³/mol. The lowest BCUT2D eigenvalue weighted by Gasteiger charge is -2.15. The van der Waals surface area contributed by atoms with Gasteiger partial charge in [0.1, 0.15) is 5.92 Å². The van der Waals surface area contributed by atoms with E-state index in [0.29, 0.717) is 6.54 Å². The van der Waals surface area contributed by atoms with E-state index in [4.69, 9.17) is 0 Å². The summed E-state index contributed by atoms with van der Waals surface area (Å²) in [5.41, 5.74) is 4.18. The molecule has 1 saturated heterocycles. The first-order valence-electron chi connectivity index (χ1n) is 7.04. The van der Waals surface area contributed by atoms with Crippen molar-refractivity contribution in [1.29, 1.82) is 0 Å². The van der Waals surface area contributed by atoms with Crippen LogP contribution in [-0.4, -0.2) is 29.6 Å². The van der Waals surface area contributed by atoms with Gasteiger partial charge in [-0.1, -0.05) is 30.3 Å². The number of hydrazone groups is 1. The fourth-order valence-electron chi connectivity index (χ4n) is 2.59. The molecule has 2 amide bonds. The maximum Gasteiger partial charge on any atom is 0.253 e. The fraction of sp³-hybridized carbons (Fsp3) is 0.188. The number of aromatic nitrogens is 1. The minimum absolute atomic E-state index is 0.172. The first-order valence-corrected chi connectivity index (χ1v) is 7.04. The van der Waals surface area contributed by atoms with Gasteiger partial charge in [-0.15, -0.1) is 0 Å². The molecule has 1 aliphatic rings. The number of hydrogen-bond acceptors (Lipinski definition) is 3. The fourth-order valence-corrected chi connectivity index (χ4v) is 2.59. The van der Waals surface area contributed by atoms with Gasteiger partial charge in [-0.25, -0.2) is 5.43 Å². The van der Waals surface area contributed by atoms with E-state index in [1.807, 2.05) is 42.5 Å². The summed E-state index contributed by atoms with van der Waals surface area (Å²) in [6.45, 7) is 0.460. The smallest absolute Gasteiger partial charge is 0.253 e. The van der Waals surface area contributed by atoms with Crippen LogP contribution in [0.15, 0.2) is 53.8 Å². The number of nitrogens with one attached hydrogen (secondary N) is 3. The summed E-state index contributed by atoms with van der Waals surface area (Å²) in [6.07, 6.45) is 3.27. The molecule has 0 bridgehead atoms. The zero-order valence-corrected chi connectivity index (χ0v) is 11.8. The summed E-state index contributed by atoms with van der Waals surface area (Å²) in [5.74, 6) is -1.59. The van der Waals surface area contributed by atoms with Crippen molar-refractivity contribution < 1.29 is 9.59 Å². The molecule has 2 aromatic rings. The summed E-state index contributed by atoms with van der Waals surface area (Å²) in [6, 6.07) is 13.2. The molecule has 3 rings (SSSR count). The number of amides is 2. The van der Waals surface area contributed by atoms with Gasteiger partial charge in [0.25, 0.3) is 5.91 Å². The van der Waals surface area contributed by atoms with E-state index in [9.17, 15) is 9.59 Å². The van der Waals surface area contributed by atoms with Gasteiger partial charge in [-0.3, -0.25) is 9.59 Å². The highest BCUT2D eigenvalue weighted by molar-refractivity contribution is 6.03. The molecule has 0 aliphatic carbocycles. The van der Waals surface area contributed by atoms with Crippen LogP contribution in [0.3, 0.4) is 0 Å². The average Bonchev–Trinajstić information content (AvgIpc) is 3.17. The van der Waals surface area contributed by atoms with Crippen LogP contribution < -0.4 is 10.7 Å². The van der Waals surface area contributed by atoms with Crippen molar-refractivity contribution in [1.82, 2.24) is 15.7 Å². The number of hydrogen-bond donors (Lipinski definition) is 3. The second kappa shape index (κ2) is 6.26. The van der Waals surface area contributed by atoms with E-state index in [2.05, 4.69) is 20.8 Å². The Balaban J connectivity index is 1.70. The number of carbonyl (C=O) groups excluding carboxylic acids is 2. The van der Waals surface area contributed by atoms with Crippen molar-refractivity contribution >= 4 is 18.0 Å². The Morgan fingerprint density at radius 3 is 2.77 bits per heavy atom. The number of aromatic amines is 1. The molecule has 2 atom stereocenters. The molecule has 0 saturated carbocycles. The number of carbonyl (C=O) groups is 2. The number of nitrogens with zero attached hydrogens (tertiary/aromatic N) is 1. The minimum Gasteiger partial charge on any atom is -0.360 e. The van der Waals surface area contributed by atoms with Crippen molar-refractivity contribution in [3.63, 3.8) is 0 Å². The van der Waals surface area contributed by atoms with Crippen LogP contribution in [0.2, 0.25) is 0 Å². The molecule has 22 heavy (non-hydrogen) atoms. The van der Waals surface area contributed by atoms with Crippen LogP contribution in [0.25, 0.3) is 0 Å². The summed E-state index contributed by atoms with van der Waals surface area (Å²) in [5, 5.41) is 6.63. The lowest BCUT2D eigenvalue weighted by atomic mass is 9.88.